The first-order chi connectivity index (χ1) is 9.51. The Morgan fingerprint density at radius 2 is 1.85 bits per heavy atom. The average Bonchev–Trinajstić information content (AvgIpc) is 2.38. The van der Waals surface area contributed by atoms with Gasteiger partial charge in [-0.05, 0) is 58.7 Å². The van der Waals surface area contributed by atoms with Gasteiger partial charge in [0.15, 0.2) is 0 Å². The summed E-state index contributed by atoms with van der Waals surface area (Å²) in [7, 11) is 1.79. The van der Waals surface area contributed by atoms with E-state index in [0.717, 1.165) is 16.1 Å². The third-order valence-corrected chi connectivity index (χ3v) is 4.38. The highest BCUT2D eigenvalue weighted by atomic mass is 79.9. The minimum Gasteiger partial charge on any atom is -0.313 e. The van der Waals surface area contributed by atoms with Gasteiger partial charge in [0, 0.05) is 16.6 Å². The maximum Gasteiger partial charge on any atom is 0.126 e. The highest BCUT2D eigenvalue weighted by Gasteiger charge is 2.16. The van der Waals surface area contributed by atoms with Crippen LogP contribution >= 0.6 is 27.5 Å². The summed E-state index contributed by atoms with van der Waals surface area (Å²) in [6, 6.07) is 9.02. The summed E-state index contributed by atoms with van der Waals surface area (Å²) in [6.07, 6.45) is 0.446. The van der Waals surface area contributed by atoms with E-state index in [1.807, 2.05) is 18.2 Å². The van der Waals surface area contributed by atoms with Crippen LogP contribution in [0, 0.1) is 11.6 Å². The van der Waals surface area contributed by atoms with Gasteiger partial charge in [0.1, 0.15) is 11.6 Å². The molecular weight excluding hydrogens is 348 g/mol. The third kappa shape index (κ3) is 3.57. The van der Waals surface area contributed by atoms with Crippen LogP contribution in [-0.4, -0.2) is 7.05 Å². The van der Waals surface area contributed by atoms with Gasteiger partial charge in [-0.2, -0.15) is 0 Å². The molecule has 0 heterocycles. The molecule has 0 spiro atoms. The number of likely N-dealkylation sites (N-methyl/N-ethyl adjacent to an activating group) is 1. The van der Waals surface area contributed by atoms with Crippen LogP contribution in [0.4, 0.5) is 8.78 Å². The third-order valence-electron chi connectivity index (χ3n) is 3.07. The molecule has 2 aromatic carbocycles. The molecule has 1 nitrogen and oxygen atoms in total. The summed E-state index contributed by atoms with van der Waals surface area (Å²) in [6.45, 7) is 0. The molecular formula is C15H13BrClF2N. The number of hydrogen-bond acceptors (Lipinski definition) is 1. The highest BCUT2D eigenvalue weighted by molar-refractivity contribution is 9.10. The lowest BCUT2D eigenvalue weighted by molar-refractivity contribution is 0.562. The summed E-state index contributed by atoms with van der Waals surface area (Å²) in [4.78, 5) is 0. The van der Waals surface area contributed by atoms with E-state index in [9.17, 15) is 8.78 Å². The average molecular weight is 361 g/mol. The fourth-order valence-electron chi connectivity index (χ4n) is 2.12. The molecule has 106 valence electrons. The lowest BCUT2D eigenvalue weighted by Crippen LogP contribution is -2.19. The fraction of sp³-hybridized carbons (Fsp3) is 0.200. The monoisotopic (exact) mass is 359 g/mol. The second-order valence-corrected chi connectivity index (χ2v) is 5.70. The van der Waals surface area contributed by atoms with Crippen LogP contribution in [0.25, 0.3) is 0 Å². The van der Waals surface area contributed by atoms with E-state index >= 15 is 0 Å². The quantitative estimate of drug-likeness (QED) is 0.819. The topological polar surface area (TPSA) is 12.0 Å². The van der Waals surface area contributed by atoms with Gasteiger partial charge in [-0.1, -0.05) is 23.7 Å². The maximum atomic E-state index is 13.2. The first-order valence-electron chi connectivity index (χ1n) is 6.07. The van der Waals surface area contributed by atoms with Gasteiger partial charge in [0.05, 0.1) is 5.02 Å². The summed E-state index contributed by atoms with van der Waals surface area (Å²) in [5.74, 6) is -1.15. The van der Waals surface area contributed by atoms with Crippen LogP contribution in [0.3, 0.4) is 0 Å². The van der Waals surface area contributed by atoms with Crippen molar-refractivity contribution in [3.8, 4) is 0 Å². The van der Waals surface area contributed by atoms with Gasteiger partial charge >= 0.3 is 0 Å². The van der Waals surface area contributed by atoms with E-state index in [-0.39, 0.29) is 6.04 Å². The van der Waals surface area contributed by atoms with Gasteiger partial charge < -0.3 is 5.32 Å². The van der Waals surface area contributed by atoms with E-state index < -0.39 is 11.6 Å². The predicted molar refractivity (Wildman–Crippen MR) is 81.0 cm³/mol. The van der Waals surface area contributed by atoms with Crippen molar-refractivity contribution in [2.75, 3.05) is 7.05 Å². The summed E-state index contributed by atoms with van der Waals surface area (Å²) in [5.41, 5.74) is 1.46. The predicted octanol–water partition coefficient (Wildman–Crippen LogP) is 4.88. The molecule has 2 aromatic rings. The lowest BCUT2D eigenvalue weighted by Gasteiger charge is -2.19. The molecule has 0 aliphatic rings. The van der Waals surface area contributed by atoms with Crippen LogP contribution in [-0.2, 0) is 6.42 Å². The van der Waals surface area contributed by atoms with Gasteiger partial charge in [0.25, 0.3) is 0 Å². The Morgan fingerprint density at radius 3 is 2.45 bits per heavy atom. The van der Waals surface area contributed by atoms with Gasteiger partial charge in [-0.15, -0.1) is 0 Å². The van der Waals surface area contributed by atoms with Gasteiger partial charge in [0.2, 0.25) is 0 Å². The van der Waals surface area contributed by atoms with Crippen LogP contribution in [0.15, 0.2) is 40.9 Å². The summed E-state index contributed by atoms with van der Waals surface area (Å²) < 4.78 is 27.3. The van der Waals surface area contributed by atoms with E-state index in [1.54, 1.807) is 7.05 Å². The molecule has 5 heteroatoms. The highest BCUT2D eigenvalue weighted by Crippen LogP contribution is 2.31. The molecule has 0 saturated heterocycles. The number of nitrogens with one attached hydrogen (secondary N) is 1. The van der Waals surface area contributed by atoms with E-state index in [0.29, 0.717) is 17.0 Å². The molecule has 0 amide bonds. The minimum atomic E-state index is -0.574. The Labute approximate surface area is 130 Å². The van der Waals surface area contributed by atoms with Crippen molar-refractivity contribution in [1.82, 2.24) is 5.32 Å². The SMILES string of the molecule is CNC(Cc1cc(F)cc(F)c1)c1cccc(Br)c1Cl. The Balaban J connectivity index is 2.31. The van der Waals surface area contributed by atoms with Crippen LogP contribution < -0.4 is 5.32 Å². The Hall–Kier alpha value is -0.970. The van der Waals surface area contributed by atoms with Crippen molar-refractivity contribution >= 4 is 27.5 Å². The zero-order valence-corrected chi connectivity index (χ0v) is 13.1. The summed E-state index contributed by atoms with van der Waals surface area (Å²) in [5, 5.41) is 3.72. The van der Waals surface area contributed by atoms with Crippen molar-refractivity contribution in [2.24, 2.45) is 0 Å². The largest absolute Gasteiger partial charge is 0.313 e. The minimum absolute atomic E-state index is 0.124. The van der Waals surface area contributed by atoms with Crippen LogP contribution in [0.1, 0.15) is 17.2 Å². The van der Waals surface area contributed by atoms with Crippen LogP contribution in [0.5, 0.6) is 0 Å². The lowest BCUT2D eigenvalue weighted by atomic mass is 9.99. The van der Waals surface area contributed by atoms with Crippen LogP contribution in [0.2, 0.25) is 5.02 Å². The molecule has 1 N–H and O–H groups in total. The van der Waals surface area contributed by atoms with Gasteiger partial charge in [-0.3, -0.25) is 0 Å². The van der Waals surface area contributed by atoms with Crippen molar-refractivity contribution < 1.29 is 8.78 Å². The maximum absolute atomic E-state index is 13.2. The second-order valence-electron chi connectivity index (χ2n) is 4.47. The van der Waals surface area contributed by atoms with E-state index in [4.69, 9.17) is 11.6 Å². The first kappa shape index (κ1) is 15.4. The standard InChI is InChI=1S/C15H13BrClF2N/c1-20-14(12-3-2-4-13(16)15(12)17)7-9-5-10(18)8-11(19)6-9/h2-6,8,14,20H,7H2,1H3. The first-order valence-corrected chi connectivity index (χ1v) is 7.24. The van der Waals surface area contributed by atoms with Gasteiger partial charge in [-0.25, -0.2) is 8.78 Å². The smallest absolute Gasteiger partial charge is 0.126 e. The molecule has 0 fully saturated rings. The molecule has 1 unspecified atom stereocenters. The summed E-state index contributed by atoms with van der Waals surface area (Å²) >= 11 is 9.63. The zero-order chi connectivity index (χ0) is 14.7. The Kier molecular flexibility index (Phi) is 5.13. The molecule has 0 aliphatic heterocycles. The Bertz CT molecular complexity index is 599. The fourth-order valence-corrected chi connectivity index (χ4v) is 2.76. The molecule has 0 saturated carbocycles. The van der Waals surface area contributed by atoms with E-state index in [1.165, 1.54) is 12.1 Å². The molecule has 2 rings (SSSR count). The molecule has 0 bridgehead atoms. The van der Waals surface area contributed by atoms with Crippen molar-refractivity contribution in [2.45, 2.75) is 12.5 Å². The number of rotatable bonds is 4. The van der Waals surface area contributed by atoms with Crippen molar-refractivity contribution in [3.05, 3.63) is 68.7 Å². The second kappa shape index (κ2) is 6.66. The number of halogens is 4. The van der Waals surface area contributed by atoms with E-state index in [2.05, 4.69) is 21.2 Å². The molecule has 1 atom stereocenters. The molecule has 0 aliphatic carbocycles. The molecule has 20 heavy (non-hydrogen) atoms. The molecule has 0 aromatic heterocycles. The number of hydrogen-bond donors (Lipinski definition) is 1. The van der Waals surface area contributed by atoms with Crippen molar-refractivity contribution in [1.29, 1.82) is 0 Å². The van der Waals surface area contributed by atoms with Crippen molar-refractivity contribution in [3.63, 3.8) is 0 Å². The zero-order valence-electron chi connectivity index (χ0n) is 10.8. The molecule has 0 radical (unpaired) electrons. The Morgan fingerprint density at radius 1 is 1.20 bits per heavy atom. The normalized spacial score (nSPS) is 12.4. The number of benzene rings is 2.